The number of nitrogens with zero attached hydrogens (tertiary/aromatic N) is 3. The second kappa shape index (κ2) is 5.70. The molecule has 0 spiro atoms. The van der Waals surface area contributed by atoms with Crippen molar-refractivity contribution < 1.29 is 8.94 Å². The molecule has 7 heteroatoms. The van der Waals surface area contributed by atoms with Gasteiger partial charge in [0.1, 0.15) is 11.5 Å². The largest absolute Gasteiger partial charge is 0.460 e. The van der Waals surface area contributed by atoms with Crippen molar-refractivity contribution >= 4 is 0 Å². The summed E-state index contributed by atoms with van der Waals surface area (Å²) in [4.78, 5) is 3.97. The van der Waals surface area contributed by atoms with E-state index in [1.807, 2.05) is 19.1 Å². The first-order valence-electron chi connectivity index (χ1n) is 6.38. The number of rotatable bonds is 6. The van der Waals surface area contributed by atoms with Crippen molar-refractivity contribution in [3.8, 4) is 11.5 Å². The highest BCUT2D eigenvalue weighted by atomic mass is 16.5. The smallest absolute Gasteiger partial charge is 0.213 e. The Morgan fingerprint density at radius 2 is 2.30 bits per heavy atom. The Hall–Kier alpha value is -2.41. The van der Waals surface area contributed by atoms with Crippen LogP contribution in [0, 0.1) is 6.92 Å². The molecule has 0 amide bonds. The molecular formula is C13H15N5O2. The lowest BCUT2D eigenvalue weighted by Crippen LogP contribution is -2.17. The number of H-pyrrole nitrogens is 1. The van der Waals surface area contributed by atoms with Gasteiger partial charge >= 0.3 is 0 Å². The second-order valence-electron chi connectivity index (χ2n) is 4.45. The second-order valence-corrected chi connectivity index (χ2v) is 4.45. The van der Waals surface area contributed by atoms with Crippen LogP contribution in [-0.4, -0.2) is 26.9 Å². The van der Waals surface area contributed by atoms with Crippen molar-refractivity contribution in [2.75, 3.05) is 6.54 Å². The molecule has 104 valence electrons. The highest BCUT2D eigenvalue weighted by Gasteiger charge is 2.10. The fourth-order valence-corrected chi connectivity index (χ4v) is 1.95. The Morgan fingerprint density at radius 3 is 3.05 bits per heavy atom. The first-order chi connectivity index (χ1) is 9.83. The Kier molecular flexibility index (Phi) is 3.60. The minimum absolute atomic E-state index is 0.698. The number of aromatic amines is 1. The van der Waals surface area contributed by atoms with Gasteiger partial charge in [0, 0.05) is 25.1 Å². The normalized spacial score (nSPS) is 11.1. The van der Waals surface area contributed by atoms with Crippen LogP contribution in [0.3, 0.4) is 0 Å². The van der Waals surface area contributed by atoms with Crippen molar-refractivity contribution in [2.45, 2.75) is 19.9 Å². The zero-order chi connectivity index (χ0) is 13.8. The van der Waals surface area contributed by atoms with E-state index < -0.39 is 0 Å². The molecule has 0 radical (unpaired) electrons. The monoisotopic (exact) mass is 273 g/mol. The average Bonchev–Trinajstić information content (AvgIpc) is 3.16. The van der Waals surface area contributed by atoms with Gasteiger partial charge < -0.3 is 14.3 Å². The molecule has 0 atom stereocenters. The summed E-state index contributed by atoms with van der Waals surface area (Å²) >= 11 is 0. The van der Waals surface area contributed by atoms with Gasteiger partial charge in [-0.15, -0.1) is 0 Å². The van der Waals surface area contributed by atoms with E-state index in [0.717, 1.165) is 35.7 Å². The number of aromatic nitrogens is 4. The van der Waals surface area contributed by atoms with Crippen LogP contribution in [-0.2, 0) is 13.0 Å². The molecule has 7 nitrogen and oxygen atoms in total. The summed E-state index contributed by atoms with van der Waals surface area (Å²) in [7, 11) is 0. The molecule has 0 bridgehead atoms. The van der Waals surface area contributed by atoms with Crippen LogP contribution in [0.5, 0.6) is 0 Å². The summed E-state index contributed by atoms with van der Waals surface area (Å²) < 4.78 is 10.3. The van der Waals surface area contributed by atoms with Crippen LogP contribution in [0.1, 0.15) is 17.1 Å². The molecule has 3 heterocycles. The summed E-state index contributed by atoms with van der Waals surface area (Å²) in [6, 6.07) is 3.87. The average molecular weight is 273 g/mol. The molecule has 0 aliphatic rings. The van der Waals surface area contributed by atoms with Crippen molar-refractivity contribution in [1.29, 1.82) is 0 Å². The summed E-state index contributed by atoms with van der Waals surface area (Å²) in [5.41, 5.74) is 1.97. The Bertz CT molecular complexity index is 656. The number of furan rings is 1. The predicted octanol–water partition coefficient (Wildman–Crippen LogP) is 1.69. The first-order valence-corrected chi connectivity index (χ1v) is 6.38. The van der Waals surface area contributed by atoms with Gasteiger partial charge in [0.25, 0.3) is 0 Å². The molecule has 0 aliphatic heterocycles. The van der Waals surface area contributed by atoms with Gasteiger partial charge in [-0.2, -0.15) is 10.1 Å². The zero-order valence-electron chi connectivity index (χ0n) is 11.1. The highest BCUT2D eigenvalue weighted by molar-refractivity contribution is 5.56. The van der Waals surface area contributed by atoms with Crippen molar-refractivity contribution in [1.82, 2.24) is 25.7 Å². The maximum atomic E-state index is 5.60. The SMILES string of the molecule is Cc1ccc(-c2[nH]ncc2CNCCc2ncon2)o1. The van der Waals surface area contributed by atoms with Gasteiger partial charge in [-0.25, -0.2) is 0 Å². The minimum Gasteiger partial charge on any atom is -0.460 e. The van der Waals surface area contributed by atoms with E-state index in [0.29, 0.717) is 12.4 Å². The molecule has 0 aliphatic carbocycles. The third kappa shape index (κ3) is 2.77. The van der Waals surface area contributed by atoms with E-state index in [-0.39, 0.29) is 0 Å². The lowest BCUT2D eigenvalue weighted by atomic mass is 10.2. The molecule has 0 saturated heterocycles. The maximum Gasteiger partial charge on any atom is 0.213 e. The lowest BCUT2D eigenvalue weighted by molar-refractivity contribution is 0.409. The van der Waals surface area contributed by atoms with Crippen LogP contribution in [0.15, 0.2) is 33.7 Å². The third-order valence-electron chi connectivity index (χ3n) is 2.95. The van der Waals surface area contributed by atoms with Crippen LogP contribution in [0.2, 0.25) is 0 Å². The van der Waals surface area contributed by atoms with Gasteiger partial charge in [0.2, 0.25) is 6.39 Å². The van der Waals surface area contributed by atoms with Gasteiger partial charge in [-0.1, -0.05) is 5.16 Å². The number of hydrogen-bond donors (Lipinski definition) is 2. The van der Waals surface area contributed by atoms with E-state index in [9.17, 15) is 0 Å². The molecule has 0 aromatic carbocycles. The Morgan fingerprint density at radius 1 is 1.35 bits per heavy atom. The van der Waals surface area contributed by atoms with Gasteiger partial charge in [-0.3, -0.25) is 5.10 Å². The molecule has 3 aromatic heterocycles. The van der Waals surface area contributed by atoms with E-state index in [1.165, 1.54) is 6.39 Å². The maximum absolute atomic E-state index is 5.60. The topological polar surface area (TPSA) is 92.8 Å². The van der Waals surface area contributed by atoms with Crippen molar-refractivity contribution in [3.63, 3.8) is 0 Å². The fraction of sp³-hybridized carbons (Fsp3) is 0.308. The standard InChI is InChI=1S/C13H15N5O2/c1-9-2-3-11(20-9)13-10(7-16-17-13)6-14-5-4-12-15-8-19-18-12/h2-3,7-8,14H,4-6H2,1H3,(H,16,17). The highest BCUT2D eigenvalue weighted by Crippen LogP contribution is 2.23. The molecule has 3 aromatic rings. The molecular weight excluding hydrogens is 258 g/mol. The molecule has 3 rings (SSSR count). The number of nitrogens with one attached hydrogen (secondary N) is 2. The summed E-state index contributed by atoms with van der Waals surface area (Å²) in [6.45, 7) is 3.38. The van der Waals surface area contributed by atoms with Crippen LogP contribution < -0.4 is 5.32 Å². The van der Waals surface area contributed by atoms with Crippen molar-refractivity contribution in [2.24, 2.45) is 0 Å². The quantitative estimate of drug-likeness (QED) is 0.664. The fourth-order valence-electron chi connectivity index (χ4n) is 1.95. The molecule has 0 unspecified atom stereocenters. The summed E-state index contributed by atoms with van der Waals surface area (Å²) in [5.74, 6) is 2.38. The predicted molar refractivity (Wildman–Crippen MR) is 70.7 cm³/mol. The van der Waals surface area contributed by atoms with Crippen LogP contribution in [0.4, 0.5) is 0 Å². The lowest BCUT2D eigenvalue weighted by Gasteiger charge is -2.02. The van der Waals surface area contributed by atoms with E-state index in [2.05, 4.69) is 30.2 Å². The summed E-state index contributed by atoms with van der Waals surface area (Å²) in [5, 5.41) is 14.1. The molecule has 0 saturated carbocycles. The van der Waals surface area contributed by atoms with Crippen molar-refractivity contribution in [3.05, 3.63) is 41.9 Å². The third-order valence-corrected chi connectivity index (χ3v) is 2.95. The molecule has 20 heavy (non-hydrogen) atoms. The summed E-state index contributed by atoms with van der Waals surface area (Å²) in [6.07, 6.45) is 3.86. The molecule has 2 N–H and O–H groups in total. The van der Waals surface area contributed by atoms with Crippen LogP contribution >= 0.6 is 0 Å². The van der Waals surface area contributed by atoms with E-state index in [4.69, 9.17) is 4.42 Å². The van der Waals surface area contributed by atoms with E-state index >= 15 is 0 Å². The number of hydrogen-bond acceptors (Lipinski definition) is 6. The molecule has 0 fully saturated rings. The van der Waals surface area contributed by atoms with Crippen LogP contribution in [0.25, 0.3) is 11.5 Å². The van der Waals surface area contributed by atoms with Gasteiger partial charge in [0.15, 0.2) is 11.6 Å². The Labute approximate surface area is 115 Å². The van der Waals surface area contributed by atoms with E-state index in [1.54, 1.807) is 6.20 Å². The Balaban J connectivity index is 1.57. The van der Waals surface area contributed by atoms with Gasteiger partial charge in [-0.05, 0) is 19.1 Å². The number of aryl methyl sites for hydroxylation is 1. The first kappa shape index (κ1) is 12.6. The van der Waals surface area contributed by atoms with Gasteiger partial charge in [0.05, 0.1) is 6.20 Å². The zero-order valence-corrected chi connectivity index (χ0v) is 11.1. The minimum atomic E-state index is 0.698.